The van der Waals surface area contributed by atoms with E-state index in [4.69, 9.17) is 44.1 Å². The lowest BCUT2D eigenvalue weighted by Crippen LogP contribution is -2.44. The van der Waals surface area contributed by atoms with Crippen molar-refractivity contribution in [3.63, 3.8) is 0 Å². The van der Waals surface area contributed by atoms with Crippen LogP contribution in [0.1, 0.15) is 25.4 Å². The Bertz CT molecular complexity index is 2870. The van der Waals surface area contributed by atoms with Crippen molar-refractivity contribution in [3.8, 4) is 11.5 Å². The first-order chi connectivity index (χ1) is 33.2. The monoisotopic (exact) mass is 1020 g/mol. The first kappa shape index (κ1) is 50.4. The van der Waals surface area contributed by atoms with Gasteiger partial charge in [0.2, 0.25) is 0 Å². The van der Waals surface area contributed by atoms with Crippen LogP contribution < -0.4 is 20.9 Å². The number of rotatable bonds is 8. The highest BCUT2D eigenvalue weighted by Gasteiger charge is 2.46. The number of benzene rings is 2. The summed E-state index contributed by atoms with van der Waals surface area (Å²) < 4.78 is 43.0. The molecule has 21 nitrogen and oxygen atoms in total. The van der Waals surface area contributed by atoms with E-state index < -0.39 is 49.1 Å². The van der Waals surface area contributed by atoms with Gasteiger partial charge in [-0.15, -0.1) is 0 Å². The molecule has 25 heteroatoms. The van der Waals surface area contributed by atoms with Gasteiger partial charge < -0.3 is 73.7 Å². The Morgan fingerprint density at radius 2 is 1.04 bits per heavy atom. The van der Waals surface area contributed by atoms with Crippen LogP contribution >= 0.6 is 15.9 Å². The molecule has 0 spiro atoms. The van der Waals surface area contributed by atoms with Gasteiger partial charge in [0.15, 0.2) is 12.5 Å². The Labute approximate surface area is 411 Å². The largest absolute Gasteiger partial charge is 0.491 e. The lowest BCUT2D eigenvalue weighted by molar-refractivity contribution is -0.0471. The van der Waals surface area contributed by atoms with Crippen LogP contribution in [-0.4, -0.2) is 131 Å². The molecule has 0 unspecified atom stereocenters. The molecule has 0 amide bonds. The van der Waals surface area contributed by atoms with E-state index in [-0.39, 0.29) is 42.0 Å². The minimum Gasteiger partial charge on any atom is -0.491 e. The summed E-state index contributed by atoms with van der Waals surface area (Å²) in [7, 11) is -0.406. The van der Waals surface area contributed by atoms with Gasteiger partial charge in [0.25, 0.3) is 0 Å². The lowest BCUT2D eigenvalue weighted by atomic mass is 9.74. The maximum Gasteiger partial charge on any atom is 0.426 e. The normalized spacial score (nSPS) is 23.2. The van der Waals surface area contributed by atoms with E-state index in [0.29, 0.717) is 45.2 Å². The summed E-state index contributed by atoms with van der Waals surface area (Å²) in [5.74, 6) is 1.88. The summed E-state index contributed by atoms with van der Waals surface area (Å²) in [5.41, 5.74) is 15.5. The molecule has 3 fully saturated rings. The molecule has 0 saturated carbocycles. The Hall–Kier alpha value is -5.99. The third kappa shape index (κ3) is 10.8. The van der Waals surface area contributed by atoms with Gasteiger partial charge in [0.1, 0.15) is 96.9 Å². The lowest BCUT2D eigenvalue weighted by Gasteiger charge is -2.25. The molecule has 11 rings (SSSR count). The smallest absolute Gasteiger partial charge is 0.426 e. The van der Waals surface area contributed by atoms with Crippen molar-refractivity contribution in [2.45, 2.75) is 83.9 Å². The molecule has 0 bridgehead atoms. The minimum atomic E-state index is -1.15. The highest BCUT2D eigenvalue weighted by molar-refractivity contribution is 9.10. The first-order valence-corrected chi connectivity index (χ1v) is 22.8. The van der Waals surface area contributed by atoms with Crippen molar-refractivity contribution in [2.75, 3.05) is 24.7 Å². The van der Waals surface area contributed by atoms with Crippen molar-refractivity contribution in [1.82, 2.24) is 39.0 Å². The molecule has 9 heterocycles. The summed E-state index contributed by atoms with van der Waals surface area (Å²) in [5, 5.41) is 45.4. The number of hydrogen-bond acceptors (Lipinski definition) is 19. The number of aryl methyl sites for hydroxylation is 1. The molecule has 3 aliphatic rings. The van der Waals surface area contributed by atoms with Crippen LogP contribution in [-0.2, 0) is 23.2 Å². The number of aromatic nitrogens is 8. The predicted octanol–water partition coefficient (Wildman–Crippen LogP) is 4.63. The molecule has 8 aromatic rings. The number of aliphatic hydroxyl groups is 4. The molecule has 8 atom stereocenters. The minimum absolute atomic E-state index is 0. The zero-order valence-corrected chi connectivity index (χ0v) is 39.3. The number of halogens is 1. The van der Waals surface area contributed by atoms with Gasteiger partial charge in [0, 0.05) is 52.2 Å². The molecule has 8 N–H and O–H groups in total. The van der Waals surface area contributed by atoms with Crippen molar-refractivity contribution >= 4 is 92.8 Å². The zero-order valence-electron chi connectivity index (χ0n) is 37.8. The van der Waals surface area contributed by atoms with E-state index in [1.807, 2.05) is 69.9 Å². The average Bonchev–Trinajstić information content (AvgIpc) is 4.09. The quantitative estimate of drug-likeness (QED) is 0.113. The number of nitrogen functional groups attached to an aromatic ring is 2. The SMILES string of the molecule is C.CB1OB(C)OB(C)O1.Cc1cnc2cc(OC[C@H]3O[C@@H](n4ccc5c(N)ncnc54)[C@H](O)[C@@H]3O)ccc2c1.Nc1ncnc2c1ccn2[C@@H]1O[C@H](COc2ccc3cc(Br)cnc3c2)[C@@H](O)[C@H]1O. The van der Waals surface area contributed by atoms with Gasteiger partial charge >= 0.3 is 21.4 Å². The number of nitrogens with zero attached hydrogens (tertiary/aromatic N) is 8. The fraction of sp³-hybridized carbons (Fsp3) is 0.333. The summed E-state index contributed by atoms with van der Waals surface area (Å²) in [6.07, 6.45) is 1.99. The maximum absolute atomic E-state index is 10.6. The van der Waals surface area contributed by atoms with Crippen LogP contribution in [0.3, 0.4) is 0 Å². The van der Waals surface area contributed by atoms with Crippen molar-refractivity contribution in [3.05, 3.63) is 108 Å². The first-order valence-electron chi connectivity index (χ1n) is 22.0. The average molecular weight is 1020 g/mol. The Balaban J connectivity index is 0.000000158. The molecule has 3 saturated heterocycles. The van der Waals surface area contributed by atoms with Crippen molar-refractivity contribution in [1.29, 1.82) is 0 Å². The van der Waals surface area contributed by atoms with Gasteiger partial charge in [-0.05, 0) is 97.4 Å². The predicted molar refractivity (Wildman–Crippen MR) is 267 cm³/mol. The third-order valence-corrected chi connectivity index (χ3v) is 12.1. The van der Waals surface area contributed by atoms with Crippen LogP contribution in [0.15, 0.2) is 103 Å². The van der Waals surface area contributed by atoms with E-state index in [9.17, 15) is 20.4 Å². The second-order valence-corrected chi connectivity index (χ2v) is 17.6. The van der Waals surface area contributed by atoms with Crippen LogP contribution in [0.25, 0.3) is 43.9 Å². The van der Waals surface area contributed by atoms with E-state index in [1.54, 1.807) is 46.1 Å². The number of fused-ring (bicyclic) bond motifs is 4. The Morgan fingerprint density at radius 3 is 1.51 bits per heavy atom. The number of nitrogens with two attached hydrogens (primary N) is 2. The second-order valence-electron chi connectivity index (χ2n) is 16.6. The van der Waals surface area contributed by atoms with Gasteiger partial charge in [-0.1, -0.05) is 7.43 Å². The van der Waals surface area contributed by atoms with Crippen LogP contribution in [0.4, 0.5) is 11.6 Å². The van der Waals surface area contributed by atoms with Crippen LogP contribution in [0.2, 0.25) is 20.5 Å². The van der Waals surface area contributed by atoms with E-state index >= 15 is 0 Å². The summed E-state index contributed by atoms with van der Waals surface area (Å²) in [6, 6.07) is 18.7. The Morgan fingerprint density at radius 1 is 0.600 bits per heavy atom. The fourth-order valence-corrected chi connectivity index (χ4v) is 8.66. The second kappa shape index (κ2) is 21.6. The molecule has 6 aromatic heterocycles. The van der Waals surface area contributed by atoms with E-state index in [1.165, 1.54) is 12.7 Å². The molecular weight excluding hydrogens is 969 g/mol. The number of pyridine rings is 2. The highest BCUT2D eigenvalue weighted by atomic mass is 79.9. The number of hydrogen-bond donors (Lipinski definition) is 6. The van der Waals surface area contributed by atoms with Crippen molar-refractivity contribution < 1.29 is 53.1 Å². The summed E-state index contributed by atoms with van der Waals surface area (Å²) >= 11 is 3.40. The Kier molecular flexibility index (Phi) is 15.5. The van der Waals surface area contributed by atoms with Gasteiger partial charge in [-0.3, -0.25) is 9.97 Å². The maximum atomic E-state index is 10.6. The standard InChI is InChI=1S/C21H21N5O4.C20H18BrN5O4.C3H9B3O3.CH4/c1-11-6-12-2-3-13(7-15(12)23-8-11)29-9-16-17(27)18(28)21(30-16)26-5-4-14-19(22)24-10-25-20(14)26;21-11-5-10-1-2-12(6-14(10)23-7-11)29-8-15-16(27)17(28)20(30-15)26-4-3-13-18(22)24-9-25-19(13)26;1-4-7-5(2)9-6(3)8-4;/h2-8,10,16-18,21,27-28H,9H2,1H3,(H2,22,24,25);1-7,9,15-17,20,27-28H,8H2,(H2,22,24,25);1-3H3;1H4/t16-,17-,18-,21-;15-,16-,17-,20-;;/m11../s1. The van der Waals surface area contributed by atoms with E-state index in [0.717, 1.165) is 31.8 Å². The van der Waals surface area contributed by atoms with Crippen LogP contribution in [0.5, 0.6) is 11.5 Å². The molecule has 3 aliphatic heterocycles. The topological polar surface area (TPSA) is 285 Å². The fourth-order valence-electron chi connectivity index (χ4n) is 8.31. The van der Waals surface area contributed by atoms with Gasteiger partial charge in [-0.2, -0.15) is 0 Å². The molecule has 364 valence electrons. The summed E-state index contributed by atoms with van der Waals surface area (Å²) in [6.45, 7) is 7.70. The summed E-state index contributed by atoms with van der Waals surface area (Å²) in [4.78, 5) is 25.1. The van der Waals surface area contributed by atoms with E-state index in [2.05, 4.69) is 51.9 Å². The molecule has 0 radical (unpaired) electrons. The van der Waals surface area contributed by atoms with Gasteiger partial charge in [-0.25, -0.2) is 19.9 Å². The van der Waals surface area contributed by atoms with Gasteiger partial charge in [0.05, 0.1) is 21.8 Å². The molecule has 70 heavy (non-hydrogen) atoms. The van der Waals surface area contributed by atoms with Crippen LogP contribution in [0, 0.1) is 6.92 Å². The number of ether oxygens (including phenoxy) is 4. The molecule has 0 aliphatic carbocycles. The third-order valence-electron chi connectivity index (χ3n) is 11.7. The highest BCUT2D eigenvalue weighted by Crippen LogP contribution is 2.35. The number of anilines is 2. The zero-order chi connectivity index (χ0) is 48.5. The molecule has 2 aromatic carbocycles. The number of aliphatic hydroxyl groups excluding tert-OH is 4. The van der Waals surface area contributed by atoms with Crippen molar-refractivity contribution in [2.24, 2.45) is 0 Å². The molecular formula is C45H52B3BrN10O11.